The number of hydrogen-bond acceptors (Lipinski definition) is 3. The molecule has 2 atom stereocenters. The zero-order valence-electron chi connectivity index (χ0n) is 9.02. The van der Waals surface area contributed by atoms with Gasteiger partial charge in [0, 0.05) is 6.04 Å². The minimum atomic E-state index is 0. The Morgan fingerprint density at radius 1 is 1.19 bits per heavy atom. The second-order valence-corrected chi connectivity index (χ2v) is 4.12. The van der Waals surface area contributed by atoms with Crippen molar-refractivity contribution in [3.05, 3.63) is 24.3 Å². The fourth-order valence-electron chi connectivity index (χ4n) is 2.26. The average molecular weight is 242 g/mol. The van der Waals surface area contributed by atoms with Gasteiger partial charge in [-0.05, 0) is 31.5 Å². The highest BCUT2D eigenvalue weighted by atomic mass is 35.5. The van der Waals surface area contributed by atoms with E-state index in [4.69, 9.17) is 9.47 Å². The van der Waals surface area contributed by atoms with E-state index in [0.29, 0.717) is 12.6 Å². The zero-order valence-corrected chi connectivity index (χ0v) is 9.83. The Labute approximate surface area is 102 Å². The highest BCUT2D eigenvalue weighted by Crippen LogP contribution is 2.32. The molecule has 1 fully saturated rings. The SMILES string of the molecule is Cl.c1ccc2c(c1)OC[C@H]([C@H]1CCCN1)O2. The lowest BCUT2D eigenvalue weighted by Crippen LogP contribution is -2.44. The molecule has 3 rings (SSSR count). The lowest BCUT2D eigenvalue weighted by Gasteiger charge is -2.30. The van der Waals surface area contributed by atoms with Crippen molar-refractivity contribution >= 4 is 12.4 Å². The lowest BCUT2D eigenvalue weighted by atomic mass is 10.1. The van der Waals surface area contributed by atoms with Crippen molar-refractivity contribution < 1.29 is 9.47 Å². The van der Waals surface area contributed by atoms with Crippen LogP contribution in [0.5, 0.6) is 11.5 Å². The third kappa shape index (κ3) is 2.11. The van der Waals surface area contributed by atoms with Crippen LogP contribution >= 0.6 is 12.4 Å². The third-order valence-corrected chi connectivity index (χ3v) is 3.08. The molecule has 1 N–H and O–H groups in total. The fourth-order valence-corrected chi connectivity index (χ4v) is 2.26. The number of hydrogen-bond donors (Lipinski definition) is 1. The van der Waals surface area contributed by atoms with E-state index >= 15 is 0 Å². The van der Waals surface area contributed by atoms with Crippen molar-refractivity contribution in [3.8, 4) is 11.5 Å². The largest absolute Gasteiger partial charge is 0.486 e. The van der Waals surface area contributed by atoms with Gasteiger partial charge in [-0.1, -0.05) is 12.1 Å². The maximum absolute atomic E-state index is 5.93. The minimum Gasteiger partial charge on any atom is -0.486 e. The molecule has 88 valence electrons. The number of nitrogens with one attached hydrogen (secondary N) is 1. The summed E-state index contributed by atoms with van der Waals surface area (Å²) in [5, 5.41) is 3.45. The molecule has 1 saturated heterocycles. The van der Waals surface area contributed by atoms with Crippen LogP contribution in [0.2, 0.25) is 0 Å². The topological polar surface area (TPSA) is 30.5 Å². The van der Waals surface area contributed by atoms with E-state index in [1.807, 2.05) is 24.3 Å². The molecule has 0 unspecified atom stereocenters. The Bertz CT molecular complexity index is 353. The van der Waals surface area contributed by atoms with Gasteiger partial charge in [-0.2, -0.15) is 0 Å². The molecule has 2 aliphatic rings. The maximum atomic E-state index is 5.93. The molecule has 0 aromatic heterocycles. The highest BCUT2D eigenvalue weighted by Gasteiger charge is 2.30. The van der Waals surface area contributed by atoms with E-state index < -0.39 is 0 Å². The predicted octanol–water partition coefficient (Wildman–Crippen LogP) is 2.00. The molecule has 0 radical (unpaired) electrons. The van der Waals surface area contributed by atoms with Gasteiger partial charge in [0.15, 0.2) is 11.5 Å². The number of para-hydroxylation sites is 2. The molecule has 16 heavy (non-hydrogen) atoms. The zero-order chi connectivity index (χ0) is 10.1. The van der Waals surface area contributed by atoms with Crippen LogP contribution in [0.25, 0.3) is 0 Å². The van der Waals surface area contributed by atoms with Crippen molar-refractivity contribution in [1.82, 2.24) is 5.32 Å². The van der Waals surface area contributed by atoms with E-state index in [-0.39, 0.29) is 18.5 Å². The Kier molecular flexibility index (Phi) is 3.56. The fraction of sp³-hybridized carbons (Fsp3) is 0.500. The molecule has 3 nitrogen and oxygen atoms in total. The summed E-state index contributed by atoms with van der Waals surface area (Å²) < 4.78 is 11.6. The van der Waals surface area contributed by atoms with Gasteiger partial charge < -0.3 is 14.8 Å². The van der Waals surface area contributed by atoms with Gasteiger partial charge in [0.1, 0.15) is 12.7 Å². The van der Waals surface area contributed by atoms with Crippen LogP contribution in [0.3, 0.4) is 0 Å². The van der Waals surface area contributed by atoms with Gasteiger partial charge in [0.25, 0.3) is 0 Å². The average Bonchev–Trinajstić information content (AvgIpc) is 2.82. The van der Waals surface area contributed by atoms with Crippen molar-refractivity contribution in [2.24, 2.45) is 0 Å². The first-order valence-electron chi connectivity index (χ1n) is 5.55. The predicted molar refractivity (Wildman–Crippen MR) is 64.6 cm³/mol. The van der Waals surface area contributed by atoms with E-state index in [1.54, 1.807) is 0 Å². The molecule has 1 aromatic carbocycles. The van der Waals surface area contributed by atoms with E-state index in [2.05, 4.69) is 5.32 Å². The van der Waals surface area contributed by atoms with Crippen LogP contribution in [-0.4, -0.2) is 25.3 Å². The van der Waals surface area contributed by atoms with E-state index in [9.17, 15) is 0 Å². The molecule has 1 aromatic rings. The summed E-state index contributed by atoms with van der Waals surface area (Å²) >= 11 is 0. The smallest absolute Gasteiger partial charge is 0.161 e. The number of benzene rings is 1. The molecule has 0 saturated carbocycles. The maximum Gasteiger partial charge on any atom is 0.161 e. The molecular weight excluding hydrogens is 226 g/mol. The van der Waals surface area contributed by atoms with Gasteiger partial charge in [0.05, 0.1) is 0 Å². The monoisotopic (exact) mass is 241 g/mol. The summed E-state index contributed by atoms with van der Waals surface area (Å²) in [7, 11) is 0. The number of ether oxygens (including phenoxy) is 2. The van der Waals surface area contributed by atoms with Crippen LogP contribution in [0.15, 0.2) is 24.3 Å². The molecular formula is C12H16ClNO2. The van der Waals surface area contributed by atoms with Crippen LogP contribution in [0.4, 0.5) is 0 Å². The van der Waals surface area contributed by atoms with Crippen LogP contribution in [0.1, 0.15) is 12.8 Å². The second-order valence-electron chi connectivity index (χ2n) is 4.12. The van der Waals surface area contributed by atoms with E-state index in [0.717, 1.165) is 18.0 Å². The molecule has 2 aliphatic heterocycles. The van der Waals surface area contributed by atoms with Crippen LogP contribution in [-0.2, 0) is 0 Å². The lowest BCUT2D eigenvalue weighted by molar-refractivity contribution is 0.0672. The minimum absolute atomic E-state index is 0. The van der Waals surface area contributed by atoms with Crippen molar-refractivity contribution in [2.45, 2.75) is 25.0 Å². The molecule has 0 aliphatic carbocycles. The Balaban J connectivity index is 0.000000963. The Morgan fingerprint density at radius 2 is 2.00 bits per heavy atom. The van der Waals surface area contributed by atoms with Gasteiger partial charge in [0.2, 0.25) is 0 Å². The summed E-state index contributed by atoms with van der Waals surface area (Å²) in [6.07, 6.45) is 2.60. The summed E-state index contributed by atoms with van der Waals surface area (Å²) in [6, 6.07) is 8.32. The standard InChI is InChI=1S/C12H15NO2.ClH/c1-2-6-11-10(5-1)14-8-12(15-11)9-4-3-7-13-9;/h1-2,5-6,9,12-13H,3-4,7-8H2;1H/t9-,12-;/m1./s1. The summed E-state index contributed by atoms with van der Waals surface area (Å²) in [5.74, 6) is 1.74. The van der Waals surface area contributed by atoms with Gasteiger partial charge in [-0.25, -0.2) is 0 Å². The summed E-state index contributed by atoms with van der Waals surface area (Å²) in [6.45, 7) is 1.76. The highest BCUT2D eigenvalue weighted by molar-refractivity contribution is 5.85. The van der Waals surface area contributed by atoms with Gasteiger partial charge in [-0.15, -0.1) is 12.4 Å². The molecule has 2 heterocycles. The quantitative estimate of drug-likeness (QED) is 0.816. The molecule has 0 spiro atoms. The number of rotatable bonds is 1. The number of halogens is 1. The normalized spacial score (nSPS) is 27.2. The van der Waals surface area contributed by atoms with Crippen molar-refractivity contribution in [1.29, 1.82) is 0 Å². The first kappa shape index (κ1) is 11.6. The Morgan fingerprint density at radius 3 is 2.75 bits per heavy atom. The second kappa shape index (κ2) is 4.93. The van der Waals surface area contributed by atoms with Crippen molar-refractivity contribution in [2.75, 3.05) is 13.2 Å². The van der Waals surface area contributed by atoms with Crippen molar-refractivity contribution in [3.63, 3.8) is 0 Å². The molecule has 0 amide bonds. The summed E-state index contributed by atoms with van der Waals surface area (Å²) in [5.41, 5.74) is 0. The first-order chi connectivity index (χ1) is 7.43. The van der Waals surface area contributed by atoms with Gasteiger partial charge in [-0.3, -0.25) is 0 Å². The number of fused-ring (bicyclic) bond motifs is 1. The third-order valence-electron chi connectivity index (χ3n) is 3.08. The summed E-state index contributed by atoms with van der Waals surface area (Å²) in [4.78, 5) is 0. The first-order valence-corrected chi connectivity index (χ1v) is 5.55. The van der Waals surface area contributed by atoms with Gasteiger partial charge >= 0.3 is 0 Å². The van der Waals surface area contributed by atoms with Crippen LogP contribution in [0, 0.1) is 0 Å². The molecule has 4 heteroatoms. The van der Waals surface area contributed by atoms with E-state index in [1.165, 1.54) is 12.8 Å². The Hall–Kier alpha value is -0.930. The molecule has 0 bridgehead atoms. The van der Waals surface area contributed by atoms with Crippen LogP contribution < -0.4 is 14.8 Å².